The molecule has 9 heteroatoms. The Balaban J connectivity index is 1.51. The van der Waals surface area contributed by atoms with Crippen molar-refractivity contribution in [1.29, 1.82) is 0 Å². The second-order valence-corrected chi connectivity index (χ2v) is 6.42. The van der Waals surface area contributed by atoms with Gasteiger partial charge in [0.05, 0.1) is 18.4 Å². The van der Waals surface area contributed by atoms with Crippen LogP contribution < -0.4 is 10.6 Å². The number of hydrogen-bond donors (Lipinski definition) is 1. The number of para-hydroxylation sites is 1. The summed E-state index contributed by atoms with van der Waals surface area (Å²) in [6, 6.07) is 7.54. The van der Waals surface area contributed by atoms with Gasteiger partial charge in [0, 0.05) is 5.92 Å². The van der Waals surface area contributed by atoms with Crippen LogP contribution in [0.4, 0.5) is 0 Å². The Kier molecular flexibility index (Phi) is 3.85. The zero-order chi connectivity index (χ0) is 16.5. The summed E-state index contributed by atoms with van der Waals surface area (Å²) in [5.41, 5.74) is 0.788. The predicted molar refractivity (Wildman–Crippen MR) is 88.0 cm³/mol. The lowest BCUT2D eigenvalue weighted by molar-refractivity contribution is 0.416. The van der Waals surface area contributed by atoms with Gasteiger partial charge in [-0.15, -0.1) is 20.4 Å². The summed E-state index contributed by atoms with van der Waals surface area (Å²) in [4.78, 5) is 0. The van der Waals surface area contributed by atoms with Crippen molar-refractivity contribution >= 4 is 11.8 Å². The molecular weight excluding hydrogens is 328 g/mol. The Bertz CT molecular complexity index is 857. The summed E-state index contributed by atoms with van der Waals surface area (Å²) in [5.74, 6) is 9.63. The summed E-state index contributed by atoms with van der Waals surface area (Å²) >= 11 is 1.40. The second-order valence-electron chi connectivity index (χ2n) is 5.47. The van der Waals surface area contributed by atoms with Gasteiger partial charge in [0.15, 0.2) is 5.82 Å². The number of nitrogen functional groups attached to an aromatic ring is 1. The SMILES string of the molecule is COc1ccccc1-c1nnc(SCc2nnc(C3CC3)o2)n1N. The van der Waals surface area contributed by atoms with Crippen LogP contribution in [-0.2, 0) is 5.75 Å². The maximum atomic E-state index is 6.14. The zero-order valence-corrected chi connectivity index (χ0v) is 13.9. The van der Waals surface area contributed by atoms with Crippen LogP contribution in [0.2, 0.25) is 0 Å². The van der Waals surface area contributed by atoms with Crippen LogP contribution in [0.3, 0.4) is 0 Å². The lowest BCUT2D eigenvalue weighted by Crippen LogP contribution is -2.12. The minimum Gasteiger partial charge on any atom is -0.496 e. The van der Waals surface area contributed by atoms with Gasteiger partial charge in [0.2, 0.25) is 16.9 Å². The standard InChI is InChI=1S/C15H16N6O2S/c1-22-11-5-3-2-4-10(11)13-18-20-15(21(13)16)24-8-12-17-19-14(23-12)9-6-7-9/h2-5,9H,6-8,16H2,1H3. The van der Waals surface area contributed by atoms with Crippen molar-refractivity contribution in [3.63, 3.8) is 0 Å². The fourth-order valence-electron chi connectivity index (χ4n) is 2.33. The predicted octanol–water partition coefficient (Wildman–Crippen LogP) is 2.22. The van der Waals surface area contributed by atoms with Gasteiger partial charge in [-0.3, -0.25) is 0 Å². The molecule has 1 saturated carbocycles. The van der Waals surface area contributed by atoms with Crippen LogP contribution in [-0.4, -0.2) is 32.2 Å². The van der Waals surface area contributed by atoms with E-state index >= 15 is 0 Å². The van der Waals surface area contributed by atoms with Crippen molar-refractivity contribution in [3.05, 3.63) is 36.0 Å². The molecule has 0 saturated heterocycles. The normalized spacial score (nSPS) is 14.0. The van der Waals surface area contributed by atoms with Crippen molar-refractivity contribution in [2.24, 2.45) is 0 Å². The van der Waals surface area contributed by atoms with E-state index in [4.69, 9.17) is 15.0 Å². The number of benzene rings is 1. The molecule has 4 rings (SSSR count). The topological polar surface area (TPSA) is 105 Å². The Morgan fingerprint density at radius 1 is 1.25 bits per heavy atom. The molecule has 0 spiro atoms. The van der Waals surface area contributed by atoms with Crippen LogP contribution in [0.25, 0.3) is 11.4 Å². The second kappa shape index (κ2) is 6.16. The first-order valence-corrected chi connectivity index (χ1v) is 8.53. The Hall–Kier alpha value is -2.55. The van der Waals surface area contributed by atoms with Crippen molar-refractivity contribution in [2.45, 2.75) is 29.7 Å². The molecule has 24 heavy (non-hydrogen) atoms. The average molecular weight is 344 g/mol. The highest BCUT2D eigenvalue weighted by atomic mass is 32.2. The maximum absolute atomic E-state index is 6.14. The molecule has 1 fully saturated rings. The van der Waals surface area contributed by atoms with Gasteiger partial charge in [-0.2, -0.15) is 0 Å². The molecule has 2 heterocycles. The maximum Gasteiger partial charge on any atom is 0.226 e. The van der Waals surface area contributed by atoms with Gasteiger partial charge < -0.3 is 15.0 Å². The Morgan fingerprint density at radius 2 is 2.08 bits per heavy atom. The first-order valence-electron chi connectivity index (χ1n) is 7.55. The van der Waals surface area contributed by atoms with E-state index in [1.165, 1.54) is 16.4 Å². The van der Waals surface area contributed by atoms with E-state index in [-0.39, 0.29) is 0 Å². The van der Waals surface area contributed by atoms with Gasteiger partial charge in [-0.1, -0.05) is 23.9 Å². The third kappa shape index (κ3) is 2.82. The summed E-state index contributed by atoms with van der Waals surface area (Å²) in [7, 11) is 1.61. The number of nitrogens with two attached hydrogens (primary N) is 1. The smallest absolute Gasteiger partial charge is 0.226 e. The molecule has 0 radical (unpaired) electrons. The summed E-state index contributed by atoms with van der Waals surface area (Å²) in [6.45, 7) is 0. The molecule has 8 nitrogen and oxygen atoms in total. The number of hydrogen-bond acceptors (Lipinski definition) is 8. The molecule has 0 bridgehead atoms. The molecule has 124 valence electrons. The molecule has 0 amide bonds. The van der Waals surface area contributed by atoms with E-state index < -0.39 is 0 Å². The molecule has 2 aromatic heterocycles. The molecular formula is C15H16N6O2S. The summed E-state index contributed by atoms with van der Waals surface area (Å²) in [5, 5.41) is 17.0. The van der Waals surface area contributed by atoms with Gasteiger partial charge in [-0.25, -0.2) is 4.68 Å². The van der Waals surface area contributed by atoms with E-state index in [1.807, 2.05) is 24.3 Å². The summed E-state index contributed by atoms with van der Waals surface area (Å²) in [6.07, 6.45) is 2.27. The fraction of sp³-hybridized carbons (Fsp3) is 0.333. The van der Waals surface area contributed by atoms with Crippen LogP contribution in [0.1, 0.15) is 30.5 Å². The highest BCUT2D eigenvalue weighted by Crippen LogP contribution is 2.39. The van der Waals surface area contributed by atoms with E-state index in [1.54, 1.807) is 7.11 Å². The largest absolute Gasteiger partial charge is 0.496 e. The third-order valence-corrected chi connectivity index (χ3v) is 4.67. The number of ether oxygens (including phenoxy) is 1. The molecule has 1 aliphatic rings. The lowest BCUT2D eigenvalue weighted by atomic mass is 10.2. The third-order valence-electron chi connectivity index (χ3n) is 3.75. The quantitative estimate of drug-likeness (QED) is 0.536. The first-order chi connectivity index (χ1) is 11.8. The molecule has 1 aliphatic carbocycles. The number of methoxy groups -OCH3 is 1. The van der Waals surface area contributed by atoms with Crippen molar-refractivity contribution in [3.8, 4) is 17.1 Å². The number of aromatic nitrogens is 5. The van der Waals surface area contributed by atoms with Crippen LogP contribution in [0.5, 0.6) is 5.75 Å². The van der Waals surface area contributed by atoms with Crippen LogP contribution >= 0.6 is 11.8 Å². The first kappa shape index (κ1) is 15.0. The summed E-state index contributed by atoms with van der Waals surface area (Å²) < 4.78 is 12.4. The van der Waals surface area contributed by atoms with Crippen LogP contribution in [0, 0.1) is 0 Å². The Labute approximate surface area is 142 Å². The highest BCUT2D eigenvalue weighted by Gasteiger charge is 2.29. The van der Waals surface area contributed by atoms with Gasteiger partial charge in [0.1, 0.15) is 5.75 Å². The van der Waals surface area contributed by atoms with Gasteiger partial charge in [-0.05, 0) is 25.0 Å². The monoisotopic (exact) mass is 344 g/mol. The number of nitrogens with zero attached hydrogens (tertiary/aromatic N) is 5. The van der Waals surface area contributed by atoms with Gasteiger partial charge in [0.25, 0.3) is 0 Å². The molecule has 0 atom stereocenters. The number of thioether (sulfide) groups is 1. The zero-order valence-electron chi connectivity index (χ0n) is 13.0. The molecule has 0 aliphatic heterocycles. The number of rotatable bonds is 6. The minimum absolute atomic E-state index is 0.451. The van der Waals surface area contributed by atoms with E-state index in [2.05, 4.69) is 20.4 Å². The van der Waals surface area contributed by atoms with Crippen LogP contribution in [0.15, 0.2) is 33.8 Å². The average Bonchev–Trinajstić information content (AvgIpc) is 3.25. The van der Waals surface area contributed by atoms with Crippen molar-refractivity contribution in [2.75, 3.05) is 13.0 Å². The van der Waals surface area contributed by atoms with Crippen molar-refractivity contribution in [1.82, 2.24) is 25.1 Å². The highest BCUT2D eigenvalue weighted by molar-refractivity contribution is 7.98. The molecule has 2 N–H and O–H groups in total. The van der Waals surface area contributed by atoms with E-state index in [0.29, 0.717) is 34.3 Å². The fourth-order valence-corrected chi connectivity index (χ4v) is 3.03. The molecule has 1 aromatic carbocycles. The van der Waals surface area contributed by atoms with E-state index in [9.17, 15) is 0 Å². The van der Waals surface area contributed by atoms with Crippen molar-refractivity contribution < 1.29 is 9.15 Å². The lowest BCUT2D eigenvalue weighted by Gasteiger charge is -2.07. The minimum atomic E-state index is 0.451. The van der Waals surface area contributed by atoms with E-state index in [0.717, 1.165) is 24.3 Å². The Morgan fingerprint density at radius 3 is 2.88 bits per heavy atom. The molecule has 0 unspecified atom stereocenters. The molecule has 3 aromatic rings. The van der Waals surface area contributed by atoms with Gasteiger partial charge >= 0.3 is 0 Å².